The lowest BCUT2D eigenvalue weighted by atomic mass is 9.68. The zero-order valence-corrected chi connectivity index (χ0v) is 12.9. The van der Waals surface area contributed by atoms with Gasteiger partial charge in [-0.15, -0.1) is 0 Å². The summed E-state index contributed by atoms with van der Waals surface area (Å²) in [6.45, 7) is 3.78. The van der Waals surface area contributed by atoms with Crippen molar-refractivity contribution in [1.29, 1.82) is 0 Å². The molecule has 1 aliphatic heterocycles. The van der Waals surface area contributed by atoms with Crippen molar-refractivity contribution in [1.82, 2.24) is 0 Å². The molecule has 0 unspecified atom stereocenters. The molecular weight excluding hydrogens is 265 g/mol. The van der Waals surface area contributed by atoms with Crippen LogP contribution in [-0.2, 0) is 0 Å². The van der Waals surface area contributed by atoms with Crippen molar-refractivity contribution in [3.05, 3.63) is 29.6 Å². The Morgan fingerprint density at radius 2 is 1.76 bits per heavy atom. The average molecular weight is 291 g/mol. The Morgan fingerprint density at radius 1 is 1.10 bits per heavy atom. The predicted octanol–water partition coefficient (Wildman–Crippen LogP) is 4.43. The summed E-state index contributed by atoms with van der Waals surface area (Å²) in [5, 5.41) is 9.91. The van der Waals surface area contributed by atoms with Crippen LogP contribution in [0.25, 0.3) is 0 Å². The van der Waals surface area contributed by atoms with Gasteiger partial charge in [-0.3, -0.25) is 0 Å². The summed E-state index contributed by atoms with van der Waals surface area (Å²) in [6, 6.07) is 4.81. The Kier molecular flexibility index (Phi) is 4.21. The van der Waals surface area contributed by atoms with Crippen molar-refractivity contribution < 1.29 is 9.50 Å². The number of benzene rings is 1. The Bertz CT molecular complexity index is 484. The first-order valence-electron chi connectivity index (χ1n) is 8.32. The van der Waals surface area contributed by atoms with Crippen molar-refractivity contribution in [3.63, 3.8) is 0 Å². The van der Waals surface area contributed by atoms with Crippen LogP contribution in [0.2, 0.25) is 0 Å². The SMILES string of the molecule is C[C@H](O)c1cc(F)ccc1N1CCC2(CCCCC2)CC1. The van der Waals surface area contributed by atoms with Crippen LogP contribution < -0.4 is 4.90 Å². The first kappa shape index (κ1) is 14.8. The summed E-state index contributed by atoms with van der Waals surface area (Å²) in [4.78, 5) is 2.33. The molecule has 0 aromatic heterocycles. The van der Waals surface area contributed by atoms with Gasteiger partial charge in [0.15, 0.2) is 0 Å². The monoisotopic (exact) mass is 291 g/mol. The average Bonchev–Trinajstić information content (AvgIpc) is 2.49. The standard InChI is InChI=1S/C18H26FNO/c1-14(21)16-13-15(19)5-6-17(16)20-11-9-18(10-12-20)7-3-2-4-8-18/h5-6,13-14,21H,2-4,7-12H2,1H3/t14-/m0/s1. The summed E-state index contributed by atoms with van der Waals surface area (Å²) >= 11 is 0. The lowest BCUT2D eigenvalue weighted by Crippen LogP contribution is -2.41. The van der Waals surface area contributed by atoms with E-state index in [4.69, 9.17) is 0 Å². The van der Waals surface area contributed by atoms with Gasteiger partial charge in [0.25, 0.3) is 0 Å². The van der Waals surface area contributed by atoms with Crippen LogP contribution in [0.1, 0.15) is 63.5 Å². The lowest BCUT2D eigenvalue weighted by Gasteiger charge is -2.45. The minimum Gasteiger partial charge on any atom is -0.389 e. The molecule has 21 heavy (non-hydrogen) atoms. The molecule has 1 N–H and O–H groups in total. The third-order valence-corrected chi connectivity index (χ3v) is 5.52. The second kappa shape index (κ2) is 5.96. The minimum absolute atomic E-state index is 0.268. The summed E-state index contributed by atoms with van der Waals surface area (Å²) in [5.41, 5.74) is 2.30. The van der Waals surface area contributed by atoms with E-state index in [0.717, 1.165) is 24.3 Å². The van der Waals surface area contributed by atoms with Crippen molar-refractivity contribution >= 4 is 5.69 Å². The first-order valence-corrected chi connectivity index (χ1v) is 8.32. The van der Waals surface area contributed by atoms with Crippen molar-refractivity contribution in [3.8, 4) is 0 Å². The van der Waals surface area contributed by atoms with Gasteiger partial charge in [0.1, 0.15) is 5.82 Å². The molecule has 0 radical (unpaired) electrons. The topological polar surface area (TPSA) is 23.5 Å². The van der Waals surface area contributed by atoms with Gasteiger partial charge in [-0.25, -0.2) is 4.39 Å². The molecule has 1 spiro atoms. The number of hydrogen-bond acceptors (Lipinski definition) is 2. The maximum absolute atomic E-state index is 13.4. The van der Waals surface area contributed by atoms with Crippen LogP contribution in [0.3, 0.4) is 0 Å². The first-order chi connectivity index (χ1) is 10.1. The molecule has 0 amide bonds. The number of aliphatic hydroxyl groups excluding tert-OH is 1. The molecular formula is C18H26FNO. The van der Waals surface area contributed by atoms with E-state index in [0.29, 0.717) is 5.41 Å². The molecule has 0 bridgehead atoms. The number of halogens is 1. The second-order valence-electron chi connectivity index (χ2n) is 6.93. The second-order valence-corrected chi connectivity index (χ2v) is 6.93. The van der Waals surface area contributed by atoms with Crippen LogP contribution in [-0.4, -0.2) is 18.2 Å². The van der Waals surface area contributed by atoms with Gasteiger partial charge in [-0.05, 0) is 56.2 Å². The van der Waals surface area contributed by atoms with E-state index in [1.165, 1.54) is 57.1 Å². The van der Waals surface area contributed by atoms with Crippen LogP contribution >= 0.6 is 0 Å². The quantitative estimate of drug-likeness (QED) is 0.871. The van der Waals surface area contributed by atoms with Crippen LogP contribution in [0.15, 0.2) is 18.2 Å². The number of anilines is 1. The molecule has 2 nitrogen and oxygen atoms in total. The zero-order valence-electron chi connectivity index (χ0n) is 12.9. The predicted molar refractivity (Wildman–Crippen MR) is 84.0 cm³/mol. The molecule has 1 saturated carbocycles. The summed E-state index contributed by atoms with van der Waals surface area (Å²) < 4.78 is 13.4. The number of nitrogens with zero attached hydrogens (tertiary/aromatic N) is 1. The third-order valence-electron chi connectivity index (χ3n) is 5.52. The van der Waals surface area contributed by atoms with E-state index in [2.05, 4.69) is 4.90 Å². The van der Waals surface area contributed by atoms with Gasteiger partial charge in [-0.2, -0.15) is 0 Å². The molecule has 1 atom stereocenters. The fourth-order valence-corrected chi connectivity index (χ4v) is 4.17. The highest BCUT2D eigenvalue weighted by Crippen LogP contribution is 2.45. The molecule has 1 aromatic rings. The Morgan fingerprint density at radius 3 is 2.38 bits per heavy atom. The van der Waals surface area contributed by atoms with Gasteiger partial charge in [-0.1, -0.05) is 19.3 Å². The van der Waals surface area contributed by atoms with Gasteiger partial charge in [0, 0.05) is 24.3 Å². The molecule has 3 rings (SSSR count). The molecule has 2 fully saturated rings. The highest BCUT2D eigenvalue weighted by atomic mass is 19.1. The van der Waals surface area contributed by atoms with Gasteiger partial charge in [0.05, 0.1) is 6.10 Å². The molecule has 3 heteroatoms. The Labute approximate surface area is 127 Å². The number of aliphatic hydroxyl groups is 1. The largest absolute Gasteiger partial charge is 0.389 e. The van der Waals surface area contributed by atoms with Gasteiger partial charge in [0.2, 0.25) is 0 Å². The normalized spacial score (nSPS) is 23.3. The van der Waals surface area contributed by atoms with Crippen LogP contribution in [0.4, 0.5) is 10.1 Å². The summed E-state index contributed by atoms with van der Waals surface area (Å²) in [7, 11) is 0. The molecule has 2 aliphatic rings. The van der Waals surface area contributed by atoms with E-state index in [9.17, 15) is 9.50 Å². The molecule has 1 heterocycles. The molecule has 116 valence electrons. The number of rotatable bonds is 2. The Hall–Kier alpha value is -1.09. The Balaban J connectivity index is 1.75. The number of piperidine rings is 1. The number of hydrogen-bond donors (Lipinski definition) is 1. The van der Waals surface area contributed by atoms with E-state index >= 15 is 0 Å². The third kappa shape index (κ3) is 3.08. The molecule has 1 aromatic carbocycles. The molecule has 1 aliphatic carbocycles. The van der Waals surface area contributed by atoms with Gasteiger partial charge < -0.3 is 10.0 Å². The maximum Gasteiger partial charge on any atom is 0.123 e. The van der Waals surface area contributed by atoms with Crippen molar-refractivity contribution in [2.24, 2.45) is 5.41 Å². The fraction of sp³-hybridized carbons (Fsp3) is 0.667. The van der Waals surface area contributed by atoms with Gasteiger partial charge >= 0.3 is 0 Å². The smallest absolute Gasteiger partial charge is 0.123 e. The molecule has 1 saturated heterocycles. The zero-order chi connectivity index (χ0) is 14.9. The van der Waals surface area contributed by atoms with E-state index in [1.807, 2.05) is 6.07 Å². The van der Waals surface area contributed by atoms with E-state index in [-0.39, 0.29) is 5.82 Å². The lowest BCUT2D eigenvalue weighted by molar-refractivity contribution is 0.144. The fourth-order valence-electron chi connectivity index (χ4n) is 4.17. The van der Waals surface area contributed by atoms with Crippen LogP contribution in [0, 0.1) is 11.2 Å². The summed E-state index contributed by atoms with van der Waals surface area (Å²) in [5.74, 6) is -0.268. The minimum atomic E-state index is -0.624. The van der Waals surface area contributed by atoms with E-state index in [1.54, 1.807) is 6.92 Å². The highest BCUT2D eigenvalue weighted by molar-refractivity contribution is 5.55. The van der Waals surface area contributed by atoms with Crippen LogP contribution in [0.5, 0.6) is 0 Å². The van der Waals surface area contributed by atoms with E-state index < -0.39 is 6.10 Å². The van der Waals surface area contributed by atoms with Crippen molar-refractivity contribution in [2.75, 3.05) is 18.0 Å². The highest BCUT2D eigenvalue weighted by Gasteiger charge is 2.35. The maximum atomic E-state index is 13.4. The summed E-state index contributed by atoms with van der Waals surface area (Å²) in [6.07, 6.45) is 8.79. The van der Waals surface area contributed by atoms with Crippen molar-refractivity contribution in [2.45, 2.75) is 58.0 Å².